The minimum Gasteiger partial charge on any atom is -0.491 e. The molecule has 1 amide bonds. The first-order chi connectivity index (χ1) is 19.3. The van der Waals surface area contributed by atoms with Crippen LogP contribution in [0.25, 0.3) is 22.2 Å². The van der Waals surface area contributed by atoms with E-state index in [0.29, 0.717) is 37.0 Å². The molecule has 0 unspecified atom stereocenters. The molecule has 6 rings (SSSR count). The molecule has 0 atom stereocenters. The zero-order chi connectivity index (χ0) is 28.3. The van der Waals surface area contributed by atoms with Crippen molar-refractivity contribution in [3.05, 3.63) is 36.8 Å². The highest BCUT2D eigenvalue weighted by atomic mass is 35.5. The van der Waals surface area contributed by atoms with Gasteiger partial charge in [0.1, 0.15) is 35.7 Å². The summed E-state index contributed by atoms with van der Waals surface area (Å²) in [6, 6.07) is 8.42. The van der Waals surface area contributed by atoms with Gasteiger partial charge in [0.25, 0.3) is 0 Å². The molecule has 1 aliphatic carbocycles. The van der Waals surface area contributed by atoms with Crippen LogP contribution in [0.2, 0.25) is 0 Å². The van der Waals surface area contributed by atoms with Crippen molar-refractivity contribution >= 4 is 40.0 Å². The highest BCUT2D eigenvalue weighted by molar-refractivity contribution is 6.61. The quantitative estimate of drug-likeness (QED) is 0.372. The lowest BCUT2D eigenvalue weighted by molar-refractivity contribution is -0.0198. The van der Waals surface area contributed by atoms with E-state index in [-0.39, 0.29) is 5.60 Å². The lowest BCUT2D eigenvalue weighted by Crippen LogP contribution is -2.36. The number of nitrogens with two attached hydrogens (primary N) is 1. The van der Waals surface area contributed by atoms with E-state index < -0.39 is 11.5 Å². The Balaban J connectivity index is 0.000000595. The number of hydrogen-bond donors (Lipinski definition) is 2. The molecule has 3 fully saturated rings. The number of nitrogens with one attached hydrogen (secondary N) is 1. The Bertz CT molecular complexity index is 1370. The van der Waals surface area contributed by atoms with Gasteiger partial charge in [-0.15, -0.1) is 0 Å². The third-order valence-corrected chi connectivity index (χ3v) is 8.19. The van der Waals surface area contributed by atoms with Gasteiger partial charge < -0.3 is 34.6 Å². The molecular weight excluding hydrogens is 538 g/mol. The molecule has 2 aromatic heterocycles. The maximum atomic E-state index is 11.4. The standard InChI is InChI=1S/C26H31N5O4.C2H3ClO2/c1-33-25(32)28-12-16-9-18(10-16)31-13-21(22-23(27)29-15-30-24(22)31)17-3-2-4-20(11-17)34-14-26-7-5-19(35-26)6-8-26;1-5-2(3)4/h2-4,11,13,15-16,18-19H,5-10,12,14H2,1H3,(H,28,32)(H2,27,29,30);1H3. The summed E-state index contributed by atoms with van der Waals surface area (Å²) < 4.78 is 23.2. The monoisotopic (exact) mass is 571 g/mol. The first-order valence-electron chi connectivity index (χ1n) is 13.4. The Kier molecular flexibility index (Phi) is 8.32. The third kappa shape index (κ3) is 5.95. The van der Waals surface area contributed by atoms with E-state index in [2.05, 4.69) is 59.3 Å². The molecule has 0 radical (unpaired) electrons. The van der Waals surface area contributed by atoms with Crippen molar-refractivity contribution in [2.24, 2.45) is 5.92 Å². The second-order valence-electron chi connectivity index (χ2n) is 10.5. The van der Waals surface area contributed by atoms with E-state index >= 15 is 0 Å². The van der Waals surface area contributed by atoms with Crippen molar-refractivity contribution in [2.45, 2.75) is 56.3 Å². The zero-order valence-corrected chi connectivity index (χ0v) is 23.4. The molecule has 3 N–H and O–H groups in total. The fraction of sp³-hybridized carbons (Fsp3) is 0.500. The molecule has 0 spiro atoms. The normalized spacial score (nSPS) is 24.5. The number of carbonyl (C=O) groups is 2. The molecule has 2 bridgehead atoms. The molecule has 12 heteroatoms. The summed E-state index contributed by atoms with van der Waals surface area (Å²) in [6.45, 7) is 1.20. The number of nitrogens with zero attached hydrogens (tertiary/aromatic N) is 3. The predicted octanol–water partition coefficient (Wildman–Crippen LogP) is 5.07. The van der Waals surface area contributed by atoms with Gasteiger partial charge >= 0.3 is 11.5 Å². The number of anilines is 1. The SMILES string of the molecule is COC(=O)Cl.COC(=O)NCC1CC(n2cc(-c3cccc(OCC45CCC(CC4)O5)c3)c3c(N)ncnc32)C1. The maximum Gasteiger partial charge on any atom is 0.406 e. The Labute approximate surface area is 237 Å². The number of methoxy groups -OCH3 is 2. The lowest BCUT2D eigenvalue weighted by atomic mass is 9.80. The molecule has 3 aliphatic rings. The van der Waals surface area contributed by atoms with E-state index in [1.807, 2.05) is 12.1 Å². The van der Waals surface area contributed by atoms with Gasteiger partial charge in [0.05, 0.1) is 25.7 Å². The number of amides is 1. The van der Waals surface area contributed by atoms with Crippen molar-refractivity contribution in [3.8, 4) is 16.9 Å². The Hall–Kier alpha value is -3.57. The smallest absolute Gasteiger partial charge is 0.406 e. The van der Waals surface area contributed by atoms with Gasteiger partial charge in [-0.25, -0.2) is 19.6 Å². The van der Waals surface area contributed by atoms with Gasteiger partial charge in [0.15, 0.2) is 0 Å². The van der Waals surface area contributed by atoms with Crippen LogP contribution in [0.5, 0.6) is 5.75 Å². The summed E-state index contributed by atoms with van der Waals surface area (Å²) in [5.74, 6) is 1.70. The summed E-state index contributed by atoms with van der Waals surface area (Å²) in [5, 5.41) is 3.65. The first kappa shape index (κ1) is 28.0. The van der Waals surface area contributed by atoms with Crippen molar-refractivity contribution in [1.82, 2.24) is 19.9 Å². The molecule has 2 aliphatic heterocycles. The molecule has 3 aromatic rings. The van der Waals surface area contributed by atoms with E-state index in [9.17, 15) is 9.59 Å². The van der Waals surface area contributed by atoms with Gasteiger partial charge in [-0.1, -0.05) is 12.1 Å². The fourth-order valence-corrected chi connectivity index (χ4v) is 5.85. The number of alkyl carbamates (subject to hydrolysis) is 1. The fourth-order valence-electron chi connectivity index (χ4n) is 5.85. The highest BCUT2D eigenvalue weighted by Crippen LogP contribution is 2.45. The van der Waals surface area contributed by atoms with Gasteiger partial charge in [-0.3, -0.25) is 0 Å². The van der Waals surface area contributed by atoms with E-state index in [1.165, 1.54) is 20.5 Å². The largest absolute Gasteiger partial charge is 0.491 e. The minimum atomic E-state index is -0.773. The summed E-state index contributed by atoms with van der Waals surface area (Å²) in [4.78, 5) is 29.6. The van der Waals surface area contributed by atoms with Crippen LogP contribution in [0.4, 0.5) is 15.4 Å². The van der Waals surface area contributed by atoms with Crippen LogP contribution in [0.3, 0.4) is 0 Å². The Morgan fingerprint density at radius 1 is 1.20 bits per heavy atom. The van der Waals surface area contributed by atoms with Gasteiger partial charge in [-0.05, 0) is 62.1 Å². The maximum absolute atomic E-state index is 11.4. The number of benzene rings is 1. The van der Waals surface area contributed by atoms with E-state index in [1.54, 1.807) is 0 Å². The number of ether oxygens (including phenoxy) is 4. The number of carbonyl (C=O) groups excluding carboxylic acids is 2. The lowest BCUT2D eigenvalue weighted by Gasteiger charge is -2.36. The van der Waals surface area contributed by atoms with Crippen molar-refractivity contribution < 1.29 is 28.5 Å². The molecule has 1 aromatic carbocycles. The highest BCUT2D eigenvalue weighted by Gasteiger charge is 2.46. The van der Waals surface area contributed by atoms with Crippen LogP contribution in [-0.2, 0) is 14.2 Å². The second kappa shape index (κ2) is 11.9. The average molecular weight is 572 g/mol. The van der Waals surface area contributed by atoms with E-state index in [0.717, 1.165) is 66.4 Å². The average Bonchev–Trinajstić information content (AvgIpc) is 3.66. The van der Waals surface area contributed by atoms with Gasteiger partial charge in [0.2, 0.25) is 0 Å². The Morgan fingerprint density at radius 2 is 1.95 bits per heavy atom. The van der Waals surface area contributed by atoms with Crippen molar-refractivity contribution in [1.29, 1.82) is 0 Å². The summed E-state index contributed by atoms with van der Waals surface area (Å²) >= 11 is 4.60. The van der Waals surface area contributed by atoms with E-state index in [4.69, 9.17) is 15.2 Å². The number of nitrogen functional groups attached to an aromatic ring is 1. The van der Waals surface area contributed by atoms with Crippen LogP contribution in [0.15, 0.2) is 36.8 Å². The zero-order valence-electron chi connectivity index (χ0n) is 22.6. The molecule has 11 nitrogen and oxygen atoms in total. The molecular formula is C28H34ClN5O6. The predicted molar refractivity (Wildman–Crippen MR) is 149 cm³/mol. The number of hydrogen-bond acceptors (Lipinski definition) is 9. The molecule has 1 saturated carbocycles. The van der Waals surface area contributed by atoms with Crippen LogP contribution in [0, 0.1) is 5.92 Å². The molecule has 40 heavy (non-hydrogen) atoms. The van der Waals surface area contributed by atoms with Gasteiger partial charge in [-0.2, -0.15) is 0 Å². The first-order valence-corrected chi connectivity index (χ1v) is 13.8. The van der Waals surface area contributed by atoms with Crippen LogP contribution < -0.4 is 15.8 Å². The molecule has 214 valence electrons. The number of rotatable bonds is 7. The van der Waals surface area contributed by atoms with Crippen molar-refractivity contribution in [2.75, 3.05) is 33.1 Å². The molecule has 2 saturated heterocycles. The summed E-state index contributed by atoms with van der Waals surface area (Å²) in [5.41, 5.74) is 8.30. The minimum absolute atomic E-state index is 0.113. The third-order valence-electron chi connectivity index (χ3n) is 8.03. The Morgan fingerprint density at radius 3 is 2.60 bits per heavy atom. The summed E-state index contributed by atoms with van der Waals surface area (Å²) in [7, 11) is 2.60. The number of aromatic nitrogens is 3. The van der Waals surface area contributed by atoms with Crippen molar-refractivity contribution in [3.63, 3.8) is 0 Å². The molecule has 4 heterocycles. The number of halogens is 1. The van der Waals surface area contributed by atoms with Crippen LogP contribution in [0.1, 0.15) is 44.6 Å². The van der Waals surface area contributed by atoms with Crippen LogP contribution >= 0.6 is 11.6 Å². The van der Waals surface area contributed by atoms with Crippen LogP contribution in [-0.4, -0.2) is 65.1 Å². The second-order valence-corrected chi connectivity index (χ2v) is 10.8. The summed E-state index contributed by atoms with van der Waals surface area (Å²) in [6.07, 6.45) is 10.0. The number of fused-ring (bicyclic) bond motifs is 3. The topological polar surface area (TPSA) is 140 Å². The van der Waals surface area contributed by atoms with Gasteiger partial charge in [0, 0.05) is 35.9 Å².